The molecule has 3 rings (SSSR count). The van der Waals surface area contributed by atoms with Crippen molar-refractivity contribution < 1.29 is 22.7 Å². The van der Waals surface area contributed by atoms with Crippen LogP contribution in [0.1, 0.15) is 12.5 Å². The van der Waals surface area contributed by atoms with E-state index >= 15 is 0 Å². The largest absolute Gasteiger partial charge is 0.495 e. The number of amides is 1. The Morgan fingerprint density at radius 3 is 2.68 bits per heavy atom. The SMILES string of the molecule is COc1ccc(C)cc1S(=O)(=O)Nc1ccc2c(c1)NC(=O)[C@H](C)O2. The third-order valence-electron chi connectivity index (χ3n) is 3.77. The molecule has 2 aromatic carbocycles. The number of aryl methyl sites for hydroxylation is 1. The van der Waals surface area contributed by atoms with E-state index in [2.05, 4.69) is 10.0 Å². The van der Waals surface area contributed by atoms with Crippen molar-refractivity contribution in [1.82, 2.24) is 0 Å². The Labute approximate surface area is 146 Å². The molecule has 132 valence electrons. The van der Waals surface area contributed by atoms with Crippen molar-refractivity contribution in [1.29, 1.82) is 0 Å². The van der Waals surface area contributed by atoms with Gasteiger partial charge in [0, 0.05) is 0 Å². The molecule has 2 N–H and O–H groups in total. The smallest absolute Gasteiger partial charge is 0.265 e. The van der Waals surface area contributed by atoms with Crippen molar-refractivity contribution in [2.75, 3.05) is 17.1 Å². The summed E-state index contributed by atoms with van der Waals surface area (Å²) in [6, 6.07) is 9.60. The number of hydrogen-bond acceptors (Lipinski definition) is 5. The van der Waals surface area contributed by atoms with Gasteiger partial charge in [-0.3, -0.25) is 9.52 Å². The van der Waals surface area contributed by atoms with Crippen LogP contribution in [-0.4, -0.2) is 27.5 Å². The molecule has 7 nitrogen and oxygen atoms in total. The minimum absolute atomic E-state index is 0.0432. The molecule has 1 aliphatic rings. The quantitative estimate of drug-likeness (QED) is 0.872. The molecule has 0 aromatic heterocycles. The molecule has 1 atom stereocenters. The third-order valence-corrected chi connectivity index (χ3v) is 5.17. The minimum atomic E-state index is -3.86. The highest BCUT2D eigenvalue weighted by molar-refractivity contribution is 7.92. The van der Waals surface area contributed by atoms with E-state index in [4.69, 9.17) is 9.47 Å². The van der Waals surface area contributed by atoms with Crippen LogP contribution in [0.5, 0.6) is 11.5 Å². The maximum atomic E-state index is 12.7. The van der Waals surface area contributed by atoms with E-state index in [1.807, 2.05) is 0 Å². The average molecular weight is 362 g/mol. The minimum Gasteiger partial charge on any atom is -0.495 e. The maximum absolute atomic E-state index is 12.7. The van der Waals surface area contributed by atoms with Crippen molar-refractivity contribution in [2.24, 2.45) is 0 Å². The Kier molecular flexibility index (Phi) is 4.30. The Bertz CT molecular complexity index is 940. The van der Waals surface area contributed by atoms with Gasteiger partial charge in [-0.15, -0.1) is 0 Å². The Morgan fingerprint density at radius 1 is 1.20 bits per heavy atom. The molecule has 1 amide bonds. The highest BCUT2D eigenvalue weighted by atomic mass is 32.2. The van der Waals surface area contributed by atoms with Gasteiger partial charge in [-0.2, -0.15) is 0 Å². The monoisotopic (exact) mass is 362 g/mol. The van der Waals surface area contributed by atoms with Crippen LogP contribution in [-0.2, 0) is 14.8 Å². The molecule has 25 heavy (non-hydrogen) atoms. The molecular formula is C17H18N2O5S. The zero-order chi connectivity index (χ0) is 18.2. The van der Waals surface area contributed by atoms with Crippen LogP contribution in [0.3, 0.4) is 0 Å². The fourth-order valence-corrected chi connectivity index (χ4v) is 3.78. The van der Waals surface area contributed by atoms with Crippen LogP contribution in [0.25, 0.3) is 0 Å². The van der Waals surface area contributed by atoms with Crippen molar-refractivity contribution in [2.45, 2.75) is 24.8 Å². The van der Waals surface area contributed by atoms with Crippen molar-refractivity contribution >= 4 is 27.3 Å². The second kappa shape index (κ2) is 6.29. The Morgan fingerprint density at radius 2 is 1.96 bits per heavy atom. The summed E-state index contributed by atoms with van der Waals surface area (Å²) in [6.07, 6.45) is -0.591. The van der Waals surface area contributed by atoms with Crippen LogP contribution >= 0.6 is 0 Å². The second-order valence-corrected chi connectivity index (χ2v) is 7.37. The topological polar surface area (TPSA) is 93.7 Å². The molecule has 0 bridgehead atoms. The average Bonchev–Trinajstić information content (AvgIpc) is 2.56. The predicted molar refractivity (Wildman–Crippen MR) is 93.7 cm³/mol. The van der Waals surface area contributed by atoms with Gasteiger partial charge >= 0.3 is 0 Å². The molecule has 8 heteroatoms. The number of ether oxygens (including phenoxy) is 2. The highest BCUT2D eigenvalue weighted by Gasteiger charge is 2.25. The van der Waals surface area contributed by atoms with E-state index in [0.717, 1.165) is 5.56 Å². The molecule has 0 saturated carbocycles. The summed E-state index contributed by atoms with van der Waals surface area (Å²) >= 11 is 0. The van der Waals surface area contributed by atoms with Gasteiger partial charge in [0.2, 0.25) is 0 Å². The summed E-state index contributed by atoms with van der Waals surface area (Å²) in [5, 5.41) is 2.68. The normalized spacial score (nSPS) is 16.4. The van der Waals surface area contributed by atoms with E-state index in [0.29, 0.717) is 17.1 Å². The Hall–Kier alpha value is -2.74. The number of fused-ring (bicyclic) bond motifs is 1. The third kappa shape index (κ3) is 3.39. The van der Waals surface area contributed by atoms with Crippen molar-refractivity contribution in [3.8, 4) is 11.5 Å². The number of sulfonamides is 1. The predicted octanol–water partition coefficient (Wildman–Crippen LogP) is 2.52. The van der Waals surface area contributed by atoms with Crippen LogP contribution in [0, 0.1) is 6.92 Å². The van der Waals surface area contributed by atoms with Crippen LogP contribution in [0.15, 0.2) is 41.3 Å². The van der Waals surface area contributed by atoms with Crippen molar-refractivity contribution in [3.05, 3.63) is 42.0 Å². The van der Waals surface area contributed by atoms with Crippen LogP contribution in [0.4, 0.5) is 11.4 Å². The molecule has 1 aliphatic heterocycles. The summed E-state index contributed by atoms with van der Waals surface area (Å²) in [5.41, 5.74) is 1.52. The van der Waals surface area contributed by atoms with Gasteiger partial charge in [-0.1, -0.05) is 6.07 Å². The number of benzene rings is 2. The zero-order valence-electron chi connectivity index (χ0n) is 14.0. The molecule has 1 heterocycles. The number of methoxy groups -OCH3 is 1. The zero-order valence-corrected chi connectivity index (χ0v) is 14.8. The molecule has 0 radical (unpaired) electrons. The van der Waals surface area contributed by atoms with Crippen molar-refractivity contribution in [3.63, 3.8) is 0 Å². The number of carbonyl (C=O) groups excluding carboxylic acids is 1. The molecule has 0 unspecified atom stereocenters. The first kappa shape index (κ1) is 17.1. The molecule has 0 aliphatic carbocycles. The lowest BCUT2D eigenvalue weighted by Gasteiger charge is -2.23. The fraction of sp³-hybridized carbons (Fsp3) is 0.235. The molecule has 0 saturated heterocycles. The van der Waals surface area contributed by atoms with Crippen LogP contribution in [0.2, 0.25) is 0 Å². The number of rotatable bonds is 4. The first-order valence-electron chi connectivity index (χ1n) is 7.59. The first-order valence-corrected chi connectivity index (χ1v) is 9.07. The van der Waals surface area contributed by atoms with E-state index in [1.165, 1.54) is 19.2 Å². The lowest BCUT2D eigenvalue weighted by atomic mass is 10.2. The fourth-order valence-electron chi connectivity index (χ4n) is 2.48. The van der Waals surface area contributed by atoms with Gasteiger partial charge in [-0.25, -0.2) is 8.42 Å². The van der Waals surface area contributed by atoms with Crippen LogP contribution < -0.4 is 19.5 Å². The lowest BCUT2D eigenvalue weighted by Crippen LogP contribution is -2.34. The van der Waals surface area contributed by atoms with Gasteiger partial charge in [-0.05, 0) is 49.7 Å². The maximum Gasteiger partial charge on any atom is 0.265 e. The summed E-state index contributed by atoms with van der Waals surface area (Å²) < 4.78 is 38.5. The van der Waals surface area contributed by atoms with Gasteiger partial charge in [0.15, 0.2) is 6.10 Å². The van der Waals surface area contributed by atoms with E-state index in [9.17, 15) is 13.2 Å². The summed E-state index contributed by atoms with van der Waals surface area (Å²) in [4.78, 5) is 11.7. The number of anilines is 2. The molecule has 2 aromatic rings. The van der Waals surface area contributed by atoms with Gasteiger partial charge in [0.05, 0.1) is 18.5 Å². The summed E-state index contributed by atoms with van der Waals surface area (Å²) in [7, 11) is -2.44. The lowest BCUT2D eigenvalue weighted by molar-refractivity contribution is -0.122. The number of nitrogens with one attached hydrogen (secondary N) is 2. The van der Waals surface area contributed by atoms with E-state index < -0.39 is 16.1 Å². The number of carbonyl (C=O) groups is 1. The summed E-state index contributed by atoms with van der Waals surface area (Å²) in [6.45, 7) is 3.43. The highest BCUT2D eigenvalue weighted by Crippen LogP contribution is 2.33. The molecular weight excluding hydrogens is 344 g/mol. The first-order chi connectivity index (χ1) is 11.8. The molecule has 0 fully saturated rings. The van der Waals surface area contributed by atoms with E-state index in [-0.39, 0.29) is 16.6 Å². The second-order valence-electron chi connectivity index (χ2n) is 5.72. The van der Waals surface area contributed by atoms with Gasteiger partial charge in [0.1, 0.15) is 16.4 Å². The van der Waals surface area contributed by atoms with Gasteiger partial charge in [0.25, 0.3) is 15.9 Å². The number of hydrogen-bond donors (Lipinski definition) is 2. The Balaban J connectivity index is 1.93. The standard InChI is InChI=1S/C17H18N2O5S/c1-10-4-6-15(23-3)16(8-10)25(21,22)19-12-5-7-14-13(9-12)18-17(20)11(2)24-14/h4-9,11,19H,1-3H3,(H,18,20)/t11-/m0/s1. The van der Waals surface area contributed by atoms with Gasteiger partial charge < -0.3 is 14.8 Å². The van der Waals surface area contributed by atoms with E-state index in [1.54, 1.807) is 38.1 Å². The molecule has 0 spiro atoms. The summed E-state index contributed by atoms with van der Waals surface area (Å²) in [5.74, 6) is 0.456.